The minimum absolute atomic E-state index is 0.0464. The maximum Gasteiger partial charge on any atom is 0.233 e. The topological polar surface area (TPSA) is 40.6 Å². The predicted octanol–water partition coefficient (Wildman–Crippen LogP) is 4.44. The zero-order valence-electron chi connectivity index (χ0n) is 16.1. The third kappa shape index (κ3) is 6.75. The first-order chi connectivity index (χ1) is 14.1. The number of rotatable bonds is 5. The molecule has 2 aromatic carbocycles. The van der Waals surface area contributed by atoms with Crippen LogP contribution in [0.2, 0.25) is 5.02 Å². The summed E-state index contributed by atoms with van der Waals surface area (Å²) >= 11 is 6.83. The van der Waals surface area contributed by atoms with E-state index in [-0.39, 0.29) is 11.7 Å². The van der Waals surface area contributed by atoms with Gasteiger partial charge in [-0.05, 0) is 42.5 Å². The number of benzene rings is 2. The number of halogens is 2. The van der Waals surface area contributed by atoms with Gasteiger partial charge in [0.15, 0.2) is 0 Å². The maximum absolute atomic E-state index is 13.6. The lowest BCUT2D eigenvalue weighted by Crippen LogP contribution is -2.48. The van der Waals surface area contributed by atoms with E-state index in [1.54, 1.807) is 21.9 Å². The number of hydrogen-bond donors (Lipinski definition) is 0. The molecule has 7 heteroatoms. The van der Waals surface area contributed by atoms with E-state index in [1.165, 1.54) is 24.5 Å². The number of piperazine rings is 1. The van der Waals surface area contributed by atoms with E-state index in [9.17, 15) is 14.0 Å². The molecular formula is C22H24ClFN2O2S. The normalized spacial score (nSPS) is 16.1. The molecule has 1 saturated carbocycles. The highest BCUT2D eigenvalue weighted by molar-refractivity contribution is 8.00. The van der Waals surface area contributed by atoms with E-state index in [4.69, 9.17) is 11.6 Å². The van der Waals surface area contributed by atoms with E-state index >= 15 is 0 Å². The molecule has 4 rings (SSSR count). The molecule has 0 N–H and O–H groups in total. The lowest BCUT2D eigenvalue weighted by atomic mass is 10.1. The average molecular weight is 435 g/mol. The molecule has 0 radical (unpaired) electrons. The molecule has 2 fully saturated rings. The van der Waals surface area contributed by atoms with Gasteiger partial charge >= 0.3 is 0 Å². The summed E-state index contributed by atoms with van der Waals surface area (Å²) in [6.07, 6.45) is 3.60. The third-order valence-corrected chi connectivity index (χ3v) is 6.18. The Balaban J connectivity index is 0.000000220. The zero-order valence-corrected chi connectivity index (χ0v) is 17.7. The smallest absolute Gasteiger partial charge is 0.233 e. The SMILES string of the molecule is O=CN1CCN(C(=O)CSc2ccc(Cl)cc2F)CC1.c1ccc(C2CC2)cc1. The number of nitrogens with zero attached hydrogens (tertiary/aromatic N) is 2. The van der Waals surface area contributed by atoms with Crippen molar-refractivity contribution in [1.29, 1.82) is 0 Å². The van der Waals surface area contributed by atoms with Gasteiger partial charge < -0.3 is 9.80 Å². The van der Waals surface area contributed by atoms with E-state index in [0.717, 1.165) is 24.1 Å². The van der Waals surface area contributed by atoms with Crippen LogP contribution in [-0.2, 0) is 9.59 Å². The molecule has 0 bridgehead atoms. The Morgan fingerprint density at radius 2 is 1.79 bits per heavy atom. The van der Waals surface area contributed by atoms with Crippen molar-refractivity contribution in [2.24, 2.45) is 0 Å². The van der Waals surface area contributed by atoms with Crippen LogP contribution in [0.4, 0.5) is 4.39 Å². The van der Waals surface area contributed by atoms with Gasteiger partial charge in [-0.2, -0.15) is 0 Å². The Morgan fingerprint density at radius 1 is 1.10 bits per heavy atom. The fraction of sp³-hybridized carbons (Fsp3) is 0.364. The first-order valence-electron chi connectivity index (χ1n) is 9.66. The highest BCUT2D eigenvalue weighted by Gasteiger charge is 2.22. The molecule has 0 unspecified atom stereocenters. The number of thioether (sulfide) groups is 1. The van der Waals surface area contributed by atoms with Crippen molar-refractivity contribution in [3.63, 3.8) is 0 Å². The van der Waals surface area contributed by atoms with E-state index in [2.05, 4.69) is 30.3 Å². The van der Waals surface area contributed by atoms with Crippen LogP contribution in [0.1, 0.15) is 24.3 Å². The summed E-state index contributed by atoms with van der Waals surface area (Å²) in [6.45, 7) is 2.16. The van der Waals surface area contributed by atoms with Crippen molar-refractivity contribution in [3.05, 3.63) is 64.9 Å². The Morgan fingerprint density at radius 3 is 2.38 bits per heavy atom. The van der Waals surface area contributed by atoms with Crippen LogP contribution in [0.5, 0.6) is 0 Å². The van der Waals surface area contributed by atoms with Crippen LogP contribution in [0.25, 0.3) is 0 Å². The second kappa shape index (κ2) is 10.6. The highest BCUT2D eigenvalue weighted by Crippen LogP contribution is 2.39. The molecule has 1 heterocycles. The van der Waals surface area contributed by atoms with Crippen LogP contribution in [-0.4, -0.2) is 54.0 Å². The largest absolute Gasteiger partial charge is 0.342 e. The summed E-state index contributed by atoms with van der Waals surface area (Å²) in [5.41, 5.74) is 1.53. The number of carbonyl (C=O) groups excluding carboxylic acids is 2. The standard InChI is InChI=1S/C13H14ClFN2O2S.C9H10/c14-10-1-2-12(11(15)7-10)20-8-13(19)17-5-3-16(9-18)4-6-17;1-2-4-8(5-3-1)9-6-7-9/h1-2,7,9H,3-6,8H2;1-5,9H,6-7H2. The molecule has 1 saturated heterocycles. The molecule has 4 nitrogen and oxygen atoms in total. The zero-order chi connectivity index (χ0) is 20.6. The van der Waals surface area contributed by atoms with Crippen molar-refractivity contribution in [2.45, 2.75) is 23.7 Å². The second-order valence-electron chi connectivity index (χ2n) is 7.07. The molecular weight excluding hydrogens is 411 g/mol. The first kappa shape index (κ1) is 21.7. The molecule has 0 aromatic heterocycles. The summed E-state index contributed by atoms with van der Waals surface area (Å²) in [5.74, 6) is 0.627. The summed E-state index contributed by atoms with van der Waals surface area (Å²) in [4.78, 5) is 26.3. The van der Waals surface area contributed by atoms with Crippen molar-refractivity contribution >= 4 is 35.7 Å². The van der Waals surface area contributed by atoms with Gasteiger partial charge in [0.25, 0.3) is 0 Å². The molecule has 0 atom stereocenters. The molecule has 0 spiro atoms. The van der Waals surface area contributed by atoms with Crippen molar-refractivity contribution in [1.82, 2.24) is 9.80 Å². The summed E-state index contributed by atoms with van der Waals surface area (Å²) < 4.78 is 13.6. The molecule has 29 heavy (non-hydrogen) atoms. The van der Waals surface area contributed by atoms with Crippen LogP contribution in [0.3, 0.4) is 0 Å². The fourth-order valence-corrected chi connectivity index (χ4v) is 4.02. The van der Waals surface area contributed by atoms with Crippen molar-refractivity contribution < 1.29 is 14.0 Å². The molecule has 2 aromatic rings. The highest BCUT2D eigenvalue weighted by atomic mass is 35.5. The quantitative estimate of drug-likeness (QED) is 0.516. The predicted molar refractivity (Wildman–Crippen MR) is 115 cm³/mol. The number of carbonyl (C=O) groups is 2. The Hall–Kier alpha value is -2.05. The van der Waals surface area contributed by atoms with Crippen LogP contribution >= 0.6 is 23.4 Å². The van der Waals surface area contributed by atoms with E-state index < -0.39 is 5.82 Å². The van der Waals surface area contributed by atoms with Gasteiger partial charge in [-0.15, -0.1) is 11.8 Å². The lowest BCUT2D eigenvalue weighted by molar-refractivity contribution is -0.132. The van der Waals surface area contributed by atoms with E-state index in [1.807, 2.05) is 0 Å². The van der Waals surface area contributed by atoms with Crippen LogP contribution < -0.4 is 0 Å². The van der Waals surface area contributed by atoms with Gasteiger partial charge in [-0.3, -0.25) is 9.59 Å². The minimum atomic E-state index is -0.416. The second-order valence-corrected chi connectivity index (χ2v) is 8.52. The summed E-state index contributed by atoms with van der Waals surface area (Å²) in [6, 6.07) is 15.2. The molecule has 1 aliphatic heterocycles. The first-order valence-corrected chi connectivity index (χ1v) is 11.0. The van der Waals surface area contributed by atoms with Gasteiger partial charge in [0.2, 0.25) is 12.3 Å². The van der Waals surface area contributed by atoms with Gasteiger partial charge in [-0.1, -0.05) is 41.9 Å². The van der Waals surface area contributed by atoms with Crippen LogP contribution in [0, 0.1) is 5.82 Å². The van der Waals surface area contributed by atoms with Crippen LogP contribution in [0.15, 0.2) is 53.4 Å². The molecule has 1 aliphatic carbocycles. The van der Waals surface area contributed by atoms with Crippen molar-refractivity contribution in [3.8, 4) is 0 Å². The van der Waals surface area contributed by atoms with Gasteiger partial charge in [-0.25, -0.2) is 4.39 Å². The number of hydrogen-bond acceptors (Lipinski definition) is 3. The monoisotopic (exact) mass is 434 g/mol. The third-order valence-electron chi connectivity index (χ3n) is 4.91. The molecule has 2 aliphatic rings. The Kier molecular flexibility index (Phi) is 7.95. The Bertz CT molecular complexity index is 825. The molecule has 154 valence electrons. The van der Waals surface area contributed by atoms with E-state index in [0.29, 0.717) is 36.1 Å². The van der Waals surface area contributed by atoms with Crippen molar-refractivity contribution in [2.75, 3.05) is 31.9 Å². The number of amides is 2. The Labute approximate surface area is 180 Å². The summed E-state index contributed by atoms with van der Waals surface area (Å²) in [5, 5.41) is 0.336. The van der Waals surface area contributed by atoms with Gasteiger partial charge in [0.05, 0.1) is 5.75 Å². The molecule has 2 amide bonds. The fourth-order valence-electron chi connectivity index (χ4n) is 3.04. The lowest BCUT2D eigenvalue weighted by Gasteiger charge is -2.32. The summed E-state index contributed by atoms with van der Waals surface area (Å²) in [7, 11) is 0. The average Bonchev–Trinajstić information content (AvgIpc) is 3.60. The maximum atomic E-state index is 13.6. The minimum Gasteiger partial charge on any atom is -0.342 e. The van der Waals surface area contributed by atoms with Gasteiger partial charge in [0, 0.05) is 36.1 Å². The van der Waals surface area contributed by atoms with Gasteiger partial charge in [0.1, 0.15) is 5.82 Å².